The summed E-state index contributed by atoms with van der Waals surface area (Å²) in [5, 5.41) is 30.6. The van der Waals surface area contributed by atoms with E-state index in [0.717, 1.165) is 0 Å². The van der Waals surface area contributed by atoms with Gasteiger partial charge in [-0.3, -0.25) is 4.79 Å². The predicted octanol–water partition coefficient (Wildman–Crippen LogP) is 0.199. The van der Waals surface area contributed by atoms with Gasteiger partial charge in [0, 0.05) is 6.54 Å². The van der Waals surface area contributed by atoms with Gasteiger partial charge in [0.05, 0.1) is 6.04 Å². The van der Waals surface area contributed by atoms with Crippen LogP contribution < -0.4 is 11.1 Å². The summed E-state index contributed by atoms with van der Waals surface area (Å²) in [5.74, 6) is -1.55. The van der Waals surface area contributed by atoms with E-state index in [4.69, 9.17) is 10.8 Å². The molecule has 0 fully saturated rings. The van der Waals surface area contributed by atoms with E-state index >= 15 is 0 Å². The zero-order chi connectivity index (χ0) is 13.7. The second-order valence-corrected chi connectivity index (χ2v) is 4.00. The van der Waals surface area contributed by atoms with Gasteiger partial charge in [0.15, 0.2) is 11.5 Å². The first-order valence-electron chi connectivity index (χ1n) is 5.73. The summed E-state index contributed by atoms with van der Waals surface area (Å²) < 4.78 is 0. The van der Waals surface area contributed by atoms with Crippen molar-refractivity contribution in [1.29, 1.82) is 0 Å². The van der Waals surface area contributed by atoms with E-state index in [0.29, 0.717) is 24.9 Å². The number of nitrogens with two attached hydrogens (primary N) is 1. The van der Waals surface area contributed by atoms with E-state index in [1.807, 2.05) is 6.92 Å². The Bertz CT molecular complexity index is 434. The first kappa shape index (κ1) is 14.1. The molecule has 1 rings (SSSR count). The smallest absolute Gasteiger partial charge is 0.236 e. The quantitative estimate of drug-likeness (QED) is 0.481. The molecule has 0 unspecified atom stereocenters. The van der Waals surface area contributed by atoms with Gasteiger partial charge in [-0.1, -0.05) is 13.0 Å². The molecule has 1 amide bonds. The molecule has 6 heteroatoms. The van der Waals surface area contributed by atoms with Crippen LogP contribution in [0.1, 0.15) is 18.9 Å². The number of hydrogen-bond acceptors (Lipinski definition) is 5. The van der Waals surface area contributed by atoms with Crippen molar-refractivity contribution in [2.24, 2.45) is 5.73 Å². The van der Waals surface area contributed by atoms with Gasteiger partial charge in [-0.2, -0.15) is 0 Å². The van der Waals surface area contributed by atoms with Crippen molar-refractivity contribution in [3.05, 3.63) is 17.7 Å². The van der Waals surface area contributed by atoms with E-state index in [-0.39, 0.29) is 17.4 Å². The summed E-state index contributed by atoms with van der Waals surface area (Å²) in [6.45, 7) is 2.11. The minimum Gasteiger partial charge on any atom is -0.504 e. The van der Waals surface area contributed by atoms with E-state index in [1.54, 1.807) is 0 Å². The molecule has 0 heterocycles. The third kappa shape index (κ3) is 3.27. The number of hydrogen-bond donors (Lipinski definition) is 5. The molecule has 1 aromatic carbocycles. The molecule has 0 aliphatic rings. The number of carbonyl (C=O) groups is 1. The predicted molar refractivity (Wildman–Crippen MR) is 66.4 cm³/mol. The fraction of sp³-hybridized carbons (Fsp3) is 0.417. The van der Waals surface area contributed by atoms with Crippen LogP contribution in [0, 0.1) is 0 Å². The van der Waals surface area contributed by atoms with Gasteiger partial charge in [-0.25, -0.2) is 0 Å². The molecule has 18 heavy (non-hydrogen) atoms. The summed E-state index contributed by atoms with van der Waals surface area (Å²) in [7, 11) is 0. The highest BCUT2D eigenvalue weighted by atomic mass is 16.3. The summed E-state index contributed by atoms with van der Waals surface area (Å²) in [6.07, 6.45) is 0.888. The lowest BCUT2D eigenvalue weighted by Gasteiger charge is -2.11. The molecule has 0 aliphatic carbocycles. The Morgan fingerprint density at radius 2 is 2.00 bits per heavy atom. The second-order valence-electron chi connectivity index (χ2n) is 4.00. The van der Waals surface area contributed by atoms with Crippen molar-refractivity contribution >= 4 is 5.91 Å². The molecular formula is C12H18N2O4. The third-order valence-corrected chi connectivity index (χ3v) is 2.68. The van der Waals surface area contributed by atoms with Crippen LogP contribution in [0.25, 0.3) is 0 Å². The van der Waals surface area contributed by atoms with Crippen LogP contribution in [0.2, 0.25) is 0 Å². The summed E-state index contributed by atoms with van der Waals surface area (Å²) in [6, 6.07) is 2.23. The number of benzene rings is 1. The van der Waals surface area contributed by atoms with Crippen molar-refractivity contribution in [2.75, 3.05) is 6.54 Å². The maximum absolute atomic E-state index is 11.4. The Hall–Kier alpha value is -1.95. The van der Waals surface area contributed by atoms with Crippen molar-refractivity contribution in [3.63, 3.8) is 0 Å². The van der Waals surface area contributed by atoms with E-state index in [2.05, 4.69) is 5.32 Å². The van der Waals surface area contributed by atoms with Gasteiger partial charge in [0.2, 0.25) is 11.7 Å². The standard InChI is InChI=1S/C12H18N2O4/c1-2-8(13)12(18)14-6-5-7-3-4-9(15)11(17)10(7)16/h3-4,8,15-17H,2,5-6,13H2,1H3,(H,14,18)/t8-/m0/s1. The van der Waals surface area contributed by atoms with Crippen LogP contribution in [-0.2, 0) is 11.2 Å². The molecule has 0 aliphatic heterocycles. The van der Waals surface area contributed by atoms with Gasteiger partial charge < -0.3 is 26.4 Å². The zero-order valence-electron chi connectivity index (χ0n) is 10.2. The maximum atomic E-state index is 11.4. The molecule has 6 N–H and O–H groups in total. The average Bonchev–Trinajstić information content (AvgIpc) is 2.37. The first-order valence-corrected chi connectivity index (χ1v) is 5.73. The minimum absolute atomic E-state index is 0.250. The second kappa shape index (κ2) is 6.11. The van der Waals surface area contributed by atoms with Gasteiger partial charge in [-0.15, -0.1) is 0 Å². The Balaban J connectivity index is 2.55. The Morgan fingerprint density at radius 3 is 2.61 bits per heavy atom. The molecule has 6 nitrogen and oxygen atoms in total. The molecular weight excluding hydrogens is 236 g/mol. The SMILES string of the molecule is CC[C@H](N)C(=O)NCCc1ccc(O)c(O)c1O. The van der Waals surface area contributed by atoms with Crippen molar-refractivity contribution in [2.45, 2.75) is 25.8 Å². The molecule has 0 bridgehead atoms. The fourth-order valence-electron chi connectivity index (χ4n) is 1.45. The topological polar surface area (TPSA) is 116 Å². The van der Waals surface area contributed by atoms with Gasteiger partial charge in [0.1, 0.15) is 0 Å². The van der Waals surface area contributed by atoms with Crippen LogP contribution in [0.5, 0.6) is 17.2 Å². The Kier molecular flexibility index (Phi) is 4.79. The largest absolute Gasteiger partial charge is 0.504 e. The van der Waals surface area contributed by atoms with Gasteiger partial charge in [-0.05, 0) is 24.5 Å². The number of nitrogens with one attached hydrogen (secondary N) is 1. The Morgan fingerprint density at radius 1 is 1.33 bits per heavy atom. The average molecular weight is 254 g/mol. The number of amides is 1. The molecule has 0 saturated heterocycles. The summed E-state index contributed by atoms with van der Waals surface area (Å²) >= 11 is 0. The Labute approximate surface area is 105 Å². The number of carbonyl (C=O) groups excluding carboxylic acids is 1. The molecule has 1 atom stereocenters. The van der Waals surface area contributed by atoms with E-state index in [1.165, 1.54) is 12.1 Å². The molecule has 1 aromatic rings. The van der Waals surface area contributed by atoms with E-state index in [9.17, 15) is 15.0 Å². The monoisotopic (exact) mass is 254 g/mol. The summed E-state index contributed by atoms with van der Waals surface area (Å²) in [4.78, 5) is 11.4. The highest BCUT2D eigenvalue weighted by Crippen LogP contribution is 2.36. The lowest BCUT2D eigenvalue weighted by atomic mass is 10.1. The van der Waals surface area contributed by atoms with Crippen LogP contribution >= 0.6 is 0 Å². The third-order valence-electron chi connectivity index (χ3n) is 2.68. The lowest BCUT2D eigenvalue weighted by Crippen LogP contribution is -2.40. The fourth-order valence-corrected chi connectivity index (χ4v) is 1.45. The van der Waals surface area contributed by atoms with Crippen LogP contribution in [0.3, 0.4) is 0 Å². The molecule has 0 radical (unpaired) electrons. The van der Waals surface area contributed by atoms with Crippen LogP contribution in [0.15, 0.2) is 12.1 Å². The first-order chi connectivity index (χ1) is 8.47. The highest BCUT2D eigenvalue weighted by molar-refractivity contribution is 5.81. The van der Waals surface area contributed by atoms with E-state index < -0.39 is 11.8 Å². The highest BCUT2D eigenvalue weighted by Gasteiger charge is 2.12. The van der Waals surface area contributed by atoms with Crippen molar-refractivity contribution in [1.82, 2.24) is 5.32 Å². The zero-order valence-corrected chi connectivity index (χ0v) is 10.2. The number of phenols is 3. The van der Waals surface area contributed by atoms with Gasteiger partial charge in [0.25, 0.3) is 0 Å². The maximum Gasteiger partial charge on any atom is 0.236 e. The summed E-state index contributed by atoms with van der Waals surface area (Å²) in [5.41, 5.74) is 5.98. The molecule has 0 saturated carbocycles. The number of phenolic OH excluding ortho intramolecular Hbond substituents is 3. The molecule has 0 spiro atoms. The number of aromatic hydroxyl groups is 3. The molecule has 0 aromatic heterocycles. The normalized spacial score (nSPS) is 12.1. The van der Waals surface area contributed by atoms with Gasteiger partial charge >= 0.3 is 0 Å². The van der Waals surface area contributed by atoms with Crippen LogP contribution in [0.4, 0.5) is 0 Å². The number of rotatable bonds is 5. The minimum atomic E-state index is -0.552. The molecule has 100 valence electrons. The lowest BCUT2D eigenvalue weighted by molar-refractivity contribution is -0.122. The van der Waals surface area contributed by atoms with Crippen LogP contribution in [-0.4, -0.2) is 33.8 Å². The van der Waals surface area contributed by atoms with Crippen molar-refractivity contribution < 1.29 is 20.1 Å². The van der Waals surface area contributed by atoms with Crippen molar-refractivity contribution in [3.8, 4) is 17.2 Å².